The van der Waals surface area contributed by atoms with E-state index < -0.39 is 5.97 Å². The number of carboxylic acid groups (broad SMARTS) is 1. The van der Waals surface area contributed by atoms with Crippen molar-refractivity contribution in [2.75, 3.05) is 11.9 Å². The van der Waals surface area contributed by atoms with Gasteiger partial charge in [-0.25, -0.2) is 9.78 Å². The van der Waals surface area contributed by atoms with Crippen molar-refractivity contribution in [3.8, 4) is 0 Å². The van der Waals surface area contributed by atoms with Gasteiger partial charge in [0.05, 0.1) is 6.04 Å². The van der Waals surface area contributed by atoms with Gasteiger partial charge in [-0.15, -0.1) is 0 Å². The summed E-state index contributed by atoms with van der Waals surface area (Å²) in [5.74, 6) is -0.822. The predicted molar refractivity (Wildman–Crippen MR) is 63.9 cm³/mol. The summed E-state index contributed by atoms with van der Waals surface area (Å²) < 4.78 is 0.598. The Balaban J connectivity index is 2.20. The average molecular weight is 300 g/mol. The minimum absolute atomic E-state index is 0.0449. The molecule has 1 aromatic rings. The SMILES string of the molecule is O=C1CC(Nc2ncc(Br)cc2C(=O)O)CN1. The largest absolute Gasteiger partial charge is 0.478 e. The van der Waals surface area contributed by atoms with E-state index in [1.807, 2.05) is 0 Å². The molecule has 0 bridgehead atoms. The monoisotopic (exact) mass is 299 g/mol. The molecule has 1 aliphatic rings. The van der Waals surface area contributed by atoms with Crippen molar-refractivity contribution in [3.63, 3.8) is 0 Å². The van der Waals surface area contributed by atoms with E-state index >= 15 is 0 Å². The highest BCUT2D eigenvalue weighted by Gasteiger charge is 2.23. The summed E-state index contributed by atoms with van der Waals surface area (Å²) in [6, 6.07) is 1.36. The topological polar surface area (TPSA) is 91.3 Å². The number of halogens is 1. The Bertz CT molecular complexity index is 478. The van der Waals surface area contributed by atoms with Crippen LogP contribution in [-0.2, 0) is 4.79 Å². The van der Waals surface area contributed by atoms with Crippen LogP contribution in [-0.4, -0.2) is 34.6 Å². The zero-order valence-corrected chi connectivity index (χ0v) is 10.3. The van der Waals surface area contributed by atoms with Crippen LogP contribution in [0.25, 0.3) is 0 Å². The van der Waals surface area contributed by atoms with Gasteiger partial charge in [0.2, 0.25) is 5.91 Å². The van der Waals surface area contributed by atoms with Gasteiger partial charge in [0.1, 0.15) is 11.4 Å². The number of rotatable bonds is 3. The molecule has 6 nitrogen and oxygen atoms in total. The van der Waals surface area contributed by atoms with Crippen LogP contribution >= 0.6 is 15.9 Å². The van der Waals surface area contributed by atoms with Gasteiger partial charge in [-0.2, -0.15) is 0 Å². The second-order valence-corrected chi connectivity index (χ2v) is 4.62. The number of amides is 1. The summed E-state index contributed by atoms with van der Waals surface area (Å²) >= 11 is 3.17. The molecule has 2 rings (SSSR count). The van der Waals surface area contributed by atoms with Crippen LogP contribution in [0.3, 0.4) is 0 Å². The second-order valence-electron chi connectivity index (χ2n) is 3.70. The molecule has 1 saturated heterocycles. The number of nitrogens with zero attached hydrogens (tertiary/aromatic N) is 1. The Hall–Kier alpha value is -1.63. The summed E-state index contributed by atoms with van der Waals surface area (Å²) in [5.41, 5.74) is 0.0822. The lowest BCUT2D eigenvalue weighted by molar-refractivity contribution is -0.119. The maximum absolute atomic E-state index is 11.0. The molecule has 1 aromatic heterocycles. The number of carboxylic acids is 1. The van der Waals surface area contributed by atoms with E-state index in [2.05, 4.69) is 31.5 Å². The predicted octanol–water partition coefficient (Wildman–Crippen LogP) is 0.843. The van der Waals surface area contributed by atoms with Gasteiger partial charge in [0.25, 0.3) is 0 Å². The Morgan fingerprint density at radius 1 is 1.65 bits per heavy atom. The van der Waals surface area contributed by atoms with Gasteiger partial charge in [0, 0.05) is 23.6 Å². The molecule has 1 amide bonds. The van der Waals surface area contributed by atoms with Gasteiger partial charge < -0.3 is 15.7 Å². The Morgan fingerprint density at radius 3 is 3.00 bits per heavy atom. The highest BCUT2D eigenvalue weighted by Crippen LogP contribution is 2.19. The first kappa shape index (κ1) is 11.8. The molecule has 0 radical (unpaired) electrons. The molecule has 1 fully saturated rings. The lowest BCUT2D eigenvalue weighted by Crippen LogP contribution is -2.24. The molecule has 1 aliphatic heterocycles. The fourth-order valence-electron chi connectivity index (χ4n) is 1.62. The van der Waals surface area contributed by atoms with Crippen molar-refractivity contribution in [1.29, 1.82) is 0 Å². The smallest absolute Gasteiger partial charge is 0.339 e. The van der Waals surface area contributed by atoms with E-state index in [-0.39, 0.29) is 23.3 Å². The van der Waals surface area contributed by atoms with Crippen LogP contribution in [0.15, 0.2) is 16.7 Å². The highest BCUT2D eigenvalue weighted by atomic mass is 79.9. The first-order chi connectivity index (χ1) is 8.06. The number of carbonyl (C=O) groups excluding carboxylic acids is 1. The summed E-state index contributed by atoms with van der Waals surface area (Å²) in [5, 5.41) is 14.6. The first-order valence-electron chi connectivity index (χ1n) is 4.98. The Kier molecular flexibility index (Phi) is 3.28. The van der Waals surface area contributed by atoms with Crippen LogP contribution in [0.2, 0.25) is 0 Å². The third-order valence-corrected chi connectivity index (χ3v) is 2.84. The Labute approximate surface area is 106 Å². The van der Waals surface area contributed by atoms with Crippen LogP contribution in [0, 0.1) is 0 Å². The van der Waals surface area contributed by atoms with Gasteiger partial charge in [-0.05, 0) is 22.0 Å². The van der Waals surface area contributed by atoms with Gasteiger partial charge in [0.15, 0.2) is 0 Å². The fourth-order valence-corrected chi connectivity index (χ4v) is 1.95. The Morgan fingerprint density at radius 2 is 2.41 bits per heavy atom. The van der Waals surface area contributed by atoms with Crippen molar-refractivity contribution in [2.24, 2.45) is 0 Å². The number of nitrogens with one attached hydrogen (secondary N) is 2. The van der Waals surface area contributed by atoms with Crippen molar-refractivity contribution in [3.05, 3.63) is 22.3 Å². The summed E-state index contributed by atoms with van der Waals surface area (Å²) in [4.78, 5) is 26.1. The molecule has 0 saturated carbocycles. The minimum Gasteiger partial charge on any atom is -0.478 e. The number of aromatic nitrogens is 1. The lowest BCUT2D eigenvalue weighted by atomic mass is 10.2. The lowest BCUT2D eigenvalue weighted by Gasteiger charge is -2.13. The summed E-state index contributed by atoms with van der Waals surface area (Å²) in [6.07, 6.45) is 1.84. The maximum atomic E-state index is 11.0. The zero-order chi connectivity index (χ0) is 12.4. The molecular weight excluding hydrogens is 290 g/mol. The molecule has 3 N–H and O–H groups in total. The molecule has 2 heterocycles. The second kappa shape index (κ2) is 4.70. The number of carbonyl (C=O) groups is 2. The van der Waals surface area contributed by atoms with Crippen molar-refractivity contribution in [2.45, 2.75) is 12.5 Å². The molecule has 1 atom stereocenters. The van der Waals surface area contributed by atoms with Crippen LogP contribution in [0.4, 0.5) is 5.82 Å². The summed E-state index contributed by atoms with van der Waals surface area (Å²) in [7, 11) is 0. The van der Waals surface area contributed by atoms with E-state index in [1.165, 1.54) is 12.3 Å². The number of aromatic carboxylic acids is 1. The number of anilines is 1. The van der Waals surface area contributed by atoms with E-state index in [0.29, 0.717) is 17.4 Å². The highest BCUT2D eigenvalue weighted by molar-refractivity contribution is 9.10. The summed E-state index contributed by atoms with van der Waals surface area (Å²) in [6.45, 7) is 0.482. The van der Waals surface area contributed by atoms with Gasteiger partial charge in [-0.3, -0.25) is 4.79 Å². The zero-order valence-electron chi connectivity index (χ0n) is 8.74. The molecule has 0 aromatic carbocycles. The standard InChI is InChI=1S/C10H10BrN3O3/c11-5-1-7(10(16)17)9(13-3-5)14-6-2-8(15)12-4-6/h1,3,6H,2,4H2,(H,12,15)(H,13,14)(H,16,17). The fraction of sp³-hybridized carbons (Fsp3) is 0.300. The van der Waals surface area contributed by atoms with Crippen LogP contribution in [0.1, 0.15) is 16.8 Å². The molecule has 0 spiro atoms. The maximum Gasteiger partial charge on any atom is 0.339 e. The van der Waals surface area contributed by atoms with E-state index in [0.717, 1.165) is 0 Å². The van der Waals surface area contributed by atoms with E-state index in [9.17, 15) is 9.59 Å². The van der Waals surface area contributed by atoms with E-state index in [1.54, 1.807) is 0 Å². The quantitative estimate of drug-likeness (QED) is 0.769. The normalized spacial score (nSPS) is 18.9. The van der Waals surface area contributed by atoms with Crippen LogP contribution in [0.5, 0.6) is 0 Å². The minimum atomic E-state index is -1.06. The molecule has 1 unspecified atom stereocenters. The number of hydrogen-bond acceptors (Lipinski definition) is 4. The first-order valence-corrected chi connectivity index (χ1v) is 5.77. The third-order valence-electron chi connectivity index (χ3n) is 2.40. The number of hydrogen-bond donors (Lipinski definition) is 3. The van der Waals surface area contributed by atoms with E-state index in [4.69, 9.17) is 5.11 Å². The third kappa shape index (κ3) is 2.73. The number of pyridine rings is 1. The van der Waals surface area contributed by atoms with Gasteiger partial charge >= 0.3 is 5.97 Å². The van der Waals surface area contributed by atoms with Crippen molar-refractivity contribution >= 4 is 33.6 Å². The van der Waals surface area contributed by atoms with Gasteiger partial charge in [-0.1, -0.05) is 0 Å². The molecule has 7 heteroatoms. The molecule has 0 aliphatic carbocycles. The average Bonchev–Trinajstić information content (AvgIpc) is 2.66. The molecule has 90 valence electrons. The van der Waals surface area contributed by atoms with Crippen molar-refractivity contribution < 1.29 is 14.7 Å². The molecular formula is C10H10BrN3O3. The van der Waals surface area contributed by atoms with Crippen molar-refractivity contribution in [1.82, 2.24) is 10.3 Å². The molecule has 17 heavy (non-hydrogen) atoms. The van der Waals surface area contributed by atoms with Crippen LogP contribution < -0.4 is 10.6 Å².